The van der Waals surface area contributed by atoms with Gasteiger partial charge in [-0.3, -0.25) is 4.98 Å². The zero-order valence-corrected chi connectivity index (χ0v) is 17.3. The summed E-state index contributed by atoms with van der Waals surface area (Å²) in [6, 6.07) is 5.05. The van der Waals surface area contributed by atoms with E-state index in [9.17, 15) is 0 Å². The Balaban J connectivity index is 1.46. The molecule has 0 radical (unpaired) electrons. The highest BCUT2D eigenvalue weighted by Crippen LogP contribution is 2.33. The lowest BCUT2D eigenvalue weighted by Crippen LogP contribution is -2.35. The number of nitrogens with zero attached hydrogens (tertiary/aromatic N) is 5. The van der Waals surface area contributed by atoms with Crippen LogP contribution in [0, 0.1) is 0 Å². The Morgan fingerprint density at radius 1 is 1.10 bits per heavy atom. The largest absolute Gasteiger partial charge is 0.364 e. The first kappa shape index (κ1) is 19.2. The van der Waals surface area contributed by atoms with Crippen molar-refractivity contribution in [2.24, 2.45) is 5.73 Å². The van der Waals surface area contributed by atoms with Crippen LogP contribution in [0.1, 0.15) is 63.0 Å². The van der Waals surface area contributed by atoms with E-state index in [1.54, 1.807) is 6.20 Å². The highest BCUT2D eigenvalue weighted by atomic mass is 15.2. The smallest absolute Gasteiger partial charge is 0.227 e. The van der Waals surface area contributed by atoms with Crippen molar-refractivity contribution in [2.45, 2.75) is 76.0 Å². The van der Waals surface area contributed by atoms with E-state index in [0.29, 0.717) is 24.6 Å². The molecule has 0 aliphatic heterocycles. The van der Waals surface area contributed by atoms with E-state index >= 15 is 0 Å². The summed E-state index contributed by atoms with van der Waals surface area (Å²) in [6.45, 7) is 0.643. The maximum atomic E-state index is 6.19. The molecule has 2 atom stereocenters. The van der Waals surface area contributed by atoms with Crippen LogP contribution in [0.15, 0.2) is 30.9 Å². The molecule has 158 valence electrons. The number of rotatable bonds is 6. The average Bonchev–Trinajstić information content (AvgIpc) is 3.42. The number of hydrogen-bond donors (Lipinski definition) is 3. The molecule has 4 N–H and O–H groups in total. The number of nitrogens with one attached hydrogen (secondary N) is 2. The molecule has 2 saturated carbocycles. The highest BCUT2D eigenvalue weighted by molar-refractivity contribution is 5.84. The Labute approximate surface area is 176 Å². The average molecular weight is 407 g/mol. The molecule has 2 unspecified atom stereocenters. The summed E-state index contributed by atoms with van der Waals surface area (Å²) in [5, 5.41) is 7.02. The van der Waals surface area contributed by atoms with Crippen molar-refractivity contribution in [1.82, 2.24) is 24.5 Å². The third kappa shape index (κ3) is 4.09. The van der Waals surface area contributed by atoms with E-state index in [-0.39, 0.29) is 6.04 Å². The summed E-state index contributed by atoms with van der Waals surface area (Å²) in [5.41, 5.74) is 9.03. The number of imidazole rings is 1. The predicted octanol–water partition coefficient (Wildman–Crippen LogP) is 3.63. The van der Waals surface area contributed by atoms with Gasteiger partial charge in [0.1, 0.15) is 0 Å². The van der Waals surface area contributed by atoms with Crippen LogP contribution in [0.5, 0.6) is 0 Å². The van der Waals surface area contributed by atoms with Gasteiger partial charge >= 0.3 is 0 Å². The zero-order chi connectivity index (χ0) is 20.3. The van der Waals surface area contributed by atoms with E-state index in [4.69, 9.17) is 15.7 Å². The van der Waals surface area contributed by atoms with Gasteiger partial charge in [-0.1, -0.05) is 18.9 Å². The monoisotopic (exact) mass is 406 g/mol. The van der Waals surface area contributed by atoms with Gasteiger partial charge in [-0.05, 0) is 50.2 Å². The second kappa shape index (κ2) is 8.55. The summed E-state index contributed by atoms with van der Waals surface area (Å²) in [7, 11) is 0. The number of hydrogen-bond acceptors (Lipinski definition) is 7. The van der Waals surface area contributed by atoms with Gasteiger partial charge in [-0.15, -0.1) is 0 Å². The van der Waals surface area contributed by atoms with Crippen LogP contribution < -0.4 is 16.4 Å². The Morgan fingerprint density at radius 2 is 2.00 bits per heavy atom. The van der Waals surface area contributed by atoms with Crippen molar-refractivity contribution >= 4 is 22.9 Å². The Morgan fingerprint density at radius 3 is 2.80 bits per heavy atom. The fourth-order valence-electron chi connectivity index (χ4n) is 4.78. The summed E-state index contributed by atoms with van der Waals surface area (Å²) in [6.07, 6.45) is 14.8. The molecule has 2 aliphatic rings. The van der Waals surface area contributed by atoms with E-state index in [2.05, 4.69) is 31.2 Å². The van der Waals surface area contributed by atoms with E-state index < -0.39 is 0 Å². The second-order valence-corrected chi connectivity index (χ2v) is 8.64. The predicted molar refractivity (Wildman–Crippen MR) is 118 cm³/mol. The number of nitrogens with two attached hydrogens (primary N) is 1. The molecule has 0 saturated heterocycles. The van der Waals surface area contributed by atoms with E-state index in [1.165, 1.54) is 25.7 Å². The van der Waals surface area contributed by atoms with Crippen molar-refractivity contribution in [3.8, 4) is 0 Å². The molecule has 0 bridgehead atoms. The molecule has 3 heterocycles. The van der Waals surface area contributed by atoms with Gasteiger partial charge in [0.15, 0.2) is 17.0 Å². The topological polar surface area (TPSA) is 107 Å². The molecule has 30 heavy (non-hydrogen) atoms. The minimum atomic E-state index is 0.257. The summed E-state index contributed by atoms with van der Waals surface area (Å²) in [4.78, 5) is 18.6. The van der Waals surface area contributed by atoms with Gasteiger partial charge in [-0.2, -0.15) is 9.97 Å². The summed E-state index contributed by atoms with van der Waals surface area (Å²) >= 11 is 0. The third-order valence-electron chi connectivity index (χ3n) is 6.37. The van der Waals surface area contributed by atoms with Crippen LogP contribution >= 0.6 is 0 Å². The van der Waals surface area contributed by atoms with Gasteiger partial charge in [0.2, 0.25) is 5.95 Å². The first-order valence-corrected chi connectivity index (χ1v) is 11.2. The molecule has 5 rings (SSSR count). The Hall–Kier alpha value is -2.74. The van der Waals surface area contributed by atoms with Crippen molar-refractivity contribution in [1.29, 1.82) is 0 Å². The molecule has 0 spiro atoms. The van der Waals surface area contributed by atoms with Gasteiger partial charge in [0.05, 0.1) is 6.33 Å². The van der Waals surface area contributed by atoms with Crippen molar-refractivity contribution in [3.05, 3.63) is 36.4 Å². The second-order valence-electron chi connectivity index (χ2n) is 8.64. The fourth-order valence-corrected chi connectivity index (χ4v) is 4.78. The lowest BCUT2D eigenvalue weighted by atomic mass is 9.92. The van der Waals surface area contributed by atoms with Gasteiger partial charge in [0, 0.05) is 37.1 Å². The third-order valence-corrected chi connectivity index (χ3v) is 6.37. The van der Waals surface area contributed by atoms with Crippen molar-refractivity contribution in [3.63, 3.8) is 0 Å². The number of anilines is 2. The molecule has 8 heteroatoms. The lowest BCUT2D eigenvalue weighted by Gasteiger charge is -2.27. The van der Waals surface area contributed by atoms with Gasteiger partial charge < -0.3 is 20.9 Å². The van der Waals surface area contributed by atoms with Crippen LogP contribution in [-0.2, 0) is 6.54 Å². The first-order valence-electron chi connectivity index (χ1n) is 11.2. The maximum Gasteiger partial charge on any atom is 0.227 e. The van der Waals surface area contributed by atoms with Crippen LogP contribution in [0.25, 0.3) is 11.2 Å². The lowest BCUT2D eigenvalue weighted by molar-refractivity contribution is 0.408. The fraction of sp³-hybridized carbons (Fsp3) is 0.545. The number of pyridine rings is 1. The molecule has 3 aromatic rings. The van der Waals surface area contributed by atoms with Gasteiger partial charge in [-0.25, -0.2) is 4.98 Å². The highest BCUT2D eigenvalue weighted by Gasteiger charge is 2.24. The number of fused-ring (bicyclic) bond motifs is 1. The minimum absolute atomic E-state index is 0.257. The van der Waals surface area contributed by atoms with Crippen LogP contribution in [0.2, 0.25) is 0 Å². The Bertz CT molecular complexity index is 979. The zero-order valence-electron chi connectivity index (χ0n) is 17.3. The molecule has 3 aromatic heterocycles. The number of aromatic nitrogens is 5. The molecule has 2 fully saturated rings. The standard InChI is InChI=1S/C22H30N8/c23-16-6-3-7-17(11-16)27-22-28-20(25-13-15-5-4-10-24-12-15)19-21(29-22)30(14-26-19)18-8-1-2-9-18/h4-5,10,12,14,16-18H,1-3,6-9,11,13,23H2,(H2,25,27,28,29). The first-order chi connectivity index (χ1) is 14.8. The summed E-state index contributed by atoms with van der Waals surface area (Å²) < 4.78 is 2.25. The molecule has 2 aliphatic carbocycles. The minimum Gasteiger partial charge on any atom is -0.364 e. The van der Waals surface area contributed by atoms with Crippen LogP contribution in [0.4, 0.5) is 11.8 Å². The molecular weight excluding hydrogens is 376 g/mol. The van der Waals surface area contributed by atoms with Crippen molar-refractivity contribution in [2.75, 3.05) is 10.6 Å². The SMILES string of the molecule is NC1CCCC(Nc2nc(NCc3cccnc3)c3ncn(C4CCCC4)c3n2)C1. The Kier molecular flexibility index (Phi) is 5.48. The molecule has 8 nitrogen and oxygen atoms in total. The van der Waals surface area contributed by atoms with Gasteiger partial charge in [0.25, 0.3) is 0 Å². The van der Waals surface area contributed by atoms with Crippen LogP contribution in [0.3, 0.4) is 0 Å². The normalized spacial score (nSPS) is 22.4. The maximum absolute atomic E-state index is 6.19. The van der Waals surface area contributed by atoms with Crippen molar-refractivity contribution < 1.29 is 0 Å². The molecule has 0 amide bonds. The van der Waals surface area contributed by atoms with E-state index in [1.807, 2.05) is 18.6 Å². The van der Waals surface area contributed by atoms with E-state index in [0.717, 1.165) is 48.2 Å². The van der Waals surface area contributed by atoms with Crippen LogP contribution in [-0.4, -0.2) is 36.6 Å². The molecule has 0 aromatic carbocycles. The summed E-state index contributed by atoms with van der Waals surface area (Å²) in [5.74, 6) is 1.43. The quantitative estimate of drug-likeness (QED) is 0.574. The molecular formula is C22H30N8.